The van der Waals surface area contributed by atoms with Gasteiger partial charge >= 0.3 is 0 Å². The Morgan fingerprint density at radius 2 is 1.76 bits per heavy atom. The largest absolute Gasteiger partial charge is 0.496 e. The Balaban J connectivity index is 1.86. The van der Waals surface area contributed by atoms with Crippen LogP contribution in [0.3, 0.4) is 0 Å². The summed E-state index contributed by atoms with van der Waals surface area (Å²) in [5.74, 6) is -0.0469. The fourth-order valence-corrected chi connectivity index (χ4v) is 4.86. The standard InChI is InChI=1S/C22H28N2O4S/c1-14(2)23-22(25)20-13-19(10-11-21(20)28-4)29(26,27)24-15(3)17-9-8-16-6-5-7-18(16)12-17/h8-15,24H,5-7H2,1-4H3,(H,23,25)/t15-/m0/s1. The van der Waals surface area contributed by atoms with E-state index in [4.69, 9.17) is 4.74 Å². The van der Waals surface area contributed by atoms with Gasteiger partial charge in [-0.2, -0.15) is 0 Å². The van der Waals surface area contributed by atoms with Gasteiger partial charge in [-0.15, -0.1) is 0 Å². The maximum Gasteiger partial charge on any atom is 0.255 e. The zero-order valence-corrected chi connectivity index (χ0v) is 18.1. The van der Waals surface area contributed by atoms with Gasteiger partial charge in [-0.25, -0.2) is 13.1 Å². The monoisotopic (exact) mass is 416 g/mol. The molecule has 1 atom stereocenters. The number of sulfonamides is 1. The highest BCUT2D eigenvalue weighted by Gasteiger charge is 2.23. The van der Waals surface area contributed by atoms with Crippen molar-refractivity contribution in [2.45, 2.75) is 57.0 Å². The van der Waals surface area contributed by atoms with Crippen LogP contribution >= 0.6 is 0 Å². The number of carbonyl (C=O) groups is 1. The van der Waals surface area contributed by atoms with E-state index in [1.807, 2.05) is 26.8 Å². The van der Waals surface area contributed by atoms with Crippen molar-refractivity contribution in [2.75, 3.05) is 7.11 Å². The molecule has 0 saturated heterocycles. The lowest BCUT2D eigenvalue weighted by atomic mass is 10.0. The summed E-state index contributed by atoms with van der Waals surface area (Å²) >= 11 is 0. The predicted molar refractivity (Wildman–Crippen MR) is 113 cm³/mol. The molecule has 0 aromatic heterocycles. The summed E-state index contributed by atoms with van der Waals surface area (Å²) in [5, 5.41) is 2.77. The molecular formula is C22H28N2O4S. The molecule has 0 radical (unpaired) electrons. The molecule has 0 heterocycles. The summed E-state index contributed by atoms with van der Waals surface area (Å²) in [7, 11) is -2.37. The minimum Gasteiger partial charge on any atom is -0.496 e. The maximum absolute atomic E-state index is 13.0. The average Bonchev–Trinajstić information content (AvgIpc) is 3.14. The first-order valence-electron chi connectivity index (χ1n) is 9.84. The van der Waals surface area contributed by atoms with Crippen molar-refractivity contribution >= 4 is 15.9 Å². The van der Waals surface area contributed by atoms with Gasteiger partial charge in [-0.05, 0) is 74.9 Å². The van der Waals surface area contributed by atoms with Crippen molar-refractivity contribution in [3.8, 4) is 5.75 Å². The number of hydrogen-bond acceptors (Lipinski definition) is 4. The first-order valence-corrected chi connectivity index (χ1v) is 11.3. The molecule has 7 heteroatoms. The molecule has 3 rings (SSSR count). The number of carbonyl (C=O) groups excluding carboxylic acids is 1. The highest BCUT2D eigenvalue weighted by atomic mass is 32.2. The van der Waals surface area contributed by atoms with E-state index in [9.17, 15) is 13.2 Å². The highest BCUT2D eigenvalue weighted by Crippen LogP contribution is 2.27. The number of methoxy groups -OCH3 is 1. The van der Waals surface area contributed by atoms with Crippen LogP contribution in [-0.4, -0.2) is 27.5 Å². The van der Waals surface area contributed by atoms with Gasteiger partial charge < -0.3 is 10.1 Å². The second kappa shape index (κ2) is 8.55. The third-order valence-corrected chi connectivity index (χ3v) is 6.64. The van der Waals surface area contributed by atoms with Crippen LogP contribution in [0.2, 0.25) is 0 Å². The van der Waals surface area contributed by atoms with Crippen molar-refractivity contribution in [2.24, 2.45) is 0 Å². The van der Waals surface area contributed by atoms with Crippen molar-refractivity contribution in [3.05, 3.63) is 58.7 Å². The lowest BCUT2D eigenvalue weighted by Gasteiger charge is -2.17. The van der Waals surface area contributed by atoms with Crippen LogP contribution in [0.15, 0.2) is 41.3 Å². The lowest BCUT2D eigenvalue weighted by Crippen LogP contribution is -2.31. The second-order valence-corrected chi connectivity index (χ2v) is 9.43. The van der Waals surface area contributed by atoms with Crippen LogP contribution in [0, 0.1) is 0 Å². The number of amides is 1. The third kappa shape index (κ3) is 4.79. The SMILES string of the molecule is COc1ccc(S(=O)(=O)N[C@@H](C)c2ccc3c(c2)CCC3)cc1C(=O)NC(C)C. The van der Waals surface area contributed by atoms with Crippen LogP contribution in [0.25, 0.3) is 0 Å². The number of aryl methyl sites for hydroxylation is 2. The number of fused-ring (bicyclic) bond motifs is 1. The Kier molecular flexibility index (Phi) is 6.29. The van der Waals surface area contributed by atoms with Gasteiger partial charge in [0.15, 0.2) is 0 Å². The molecule has 156 valence electrons. The second-order valence-electron chi connectivity index (χ2n) is 7.71. The summed E-state index contributed by atoms with van der Waals surface area (Å²) in [4.78, 5) is 12.5. The normalized spacial score (nSPS) is 14.5. The molecule has 0 bridgehead atoms. The van der Waals surface area contributed by atoms with Crippen molar-refractivity contribution in [1.82, 2.24) is 10.0 Å². The van der Waals surface area contributed by atoms with E-state index in [2.05, 4.69) is 22.2 Å². The van der Waals surface area contributed by atoms with Crippen molar-refractivity contribution < 1.29 is 17.9 Å². The topological polar surface area (TPSA) is 84.5 Å². The van der Waals surface area contributed by atoms with E-state index in [1.165, 1.54) is 36.4 Å². The van der Waals surface area contributed by atoms with E-state index in [0.29, 0.717) is 5.75 Å². The molecule has 6 nitrogen and oxygen atoms in total. The predicted octanol–water partition coefficient (Wildman–Crippen LogP) is 3.36. The Morgan fingerprint density at radius 1 is 1.03 bits per heavy atom. The summed E-state index contributed by atoms with van der Waals surface area (Å²) < 4.78 is 33.9. The first kappa shape index (κ1) is 21.3. The average molecular weight is 417 g/mol. The van der Waals surface area contributed by atoms with Gasteiger partial charge in [0.05, 0.1) is 17.6 Å². The Bertz CT molecular complexity index is 1020. The minimum atomic E-state index is -3.82. The smallest absolute Gasteiger partial charge is 0.255 e. The van der Waals surface area contributed by atoms with Crippen LogP contribution in [0.1, 0.15) is 60.3 Å². The summed E-state index contributed by atoms with van der Waals surface area (Å²) in [5.41, 5.74) is 3.76. The van der Waals surface area contributed by atoms with Gasteiger partial charge in [-0.3, -0.25) is 4.79 Å². The van der Waals surface area contributed by atoms with Crippen molar-refractivity contribution in [1.29, 1.82) is 0 Å². The summed E-state index contributed by atoms with van der Waals surface area (Å²) in [6.07, 6.45) is 3.27. The van der Waals surface area contributed by atoms with Gasteiger partial charge in [0, 0.05) is 12.1 Å². The van der Waals surface area contributed by atoms with E-state index >= 15 is 0 Å². The fourth-order valence-electron chi connectivity index (χ4n) is 3.60. The molecule has 1 amide bonds. The number of benzene rings is 2. The summed E-state index contributed by atoms with van der Waals surface area (Å²) in [6, 6.07) is 10.00. The molecule has 2 aromatic carbocycles. The van der Waals surface area contributed by atoms with Crippen molar-refractivity contribution in [3.63, 3.8) is 0 Å². The van der Waals surface area contributed by atoms with Gasteiger partial charge in [0.25, 0.3) is 5.91 Å². The van der Waals surface area contributed by atoms with Gasteiger partial charge in [-0.1, -0.05) is 18.2 Å². The molecule has 2 N–H and O–H groups in total. The molecular weight excluding hydrogens is 388 g/mol. The molecule has 0 aliphatic heterocycles. The number of ether oxygens (including phenoxy) is 1. The molecule has 0 fully saturated rings. The number of hydrogen-bond donors (Lipinski definition) is 2. The molecule has 0 saturated carbocycles. The maximum atomic E-state index is 13.0. The van der Waals surface area contributed by atoms with Crippen LogP contribution in [0.4, 0.5) is 0 Å². The zero-order valence-electron chi connectivity index (χ0n) is 17.3. The molecule has 0 unspecified atom stereocenters. The fraction of sp³-hybridized carbons (Fsp3) is 0.409. The summed E-state index contributed by atoms with van der Waals surface area (Å²) in [6.45, 7) is 5.50. The van der Waals surface area contributed by atoms with Gasteiger partial charge in [0.1, 0.15) is 5.75 Å². The molecule has 1 aliphatic carbocycles. The minimum absolute atomic E-state index is 0.0280. The van der Waals surface area contributed by atoms with E-state index < -0.39 is 10.0 Å². The highest BCUT2D eigenvalue weighted by molar-refractivity contribution is 7.89. The Morgan fingerprint density at radius 3 is 2.45 bits per heavy atom. The van der Waals surface area contributed by atoms with Crippen LogP contribution in [0.5, 0.6) is 5.75 Å². The Labute approximate surface area is 172 Å². The van der Waals surface area contributed by atoms with Crippen LogP contribution in [-0.2, 0) is 22.9 Å². The molecule has 0 spiro atoms. The molecule has 29 heavy (non-hydrogen) atoms. The van der Waals surface area contributed by atoms with Gasteiger partial charge in [0.2, 0.25) is 10.0 Å². The first-order chi connectivity index (χ1) is 13.7. The zero-order chi connectivity index (χ0) is 21.2. The lowest BCUT2D eigenvalue weighted by molar-refractivity contribution is 0.0940. The number of rotatable bonds is 7. The van der Waals surface area contributed by atoms with Crippen LogP contribution < -0.4 is 14.8 Å². The quantitative estimate of drug-likeness (QED) is 0.725. The third-order valence-electron chi connectivity index (χ3n) is 5.10. The Hall–Kier alpha value is -2.38. The molecule has 1 aliphatic rings. The van der Waals surface area contributed by atoms with E-state index in [-0.39, 0.29) is 28.4 Å². The molecule has 2 aromatic rings. The van der Waals surface area contributed by atoms with E-state index in [0.717, 1.165) is 24.8 Å². The van der Waals surface area contributed by atoms with E-state index in [1.54, 1.807) is 0 Å². The number of nitrogens with one attached hydrogen (secondary N) is 2.